The zero-order valence-corrected chi connectivity index (χ0v) is 12.2. The molecule has 112 valence electrons. The molecule has 1 amide bonds. The van der Waals surface area contributed by atoms with Gasteiger partial charge in [-0.1, -0.05) is 6.07 Å². The number of ether oxygens (including phenoxy) is 1. The lowest BCUT2D eigenvalue weighted by Gasteiger charge is -2.04. The first kappa shape index (κ1) is 15.4. The van der Waals surface area contributed by atoms with E-state index in [1.54, 1.807) is 55.6 Å². The van der Waals surface area contributed by atoms with Crippen LogP contribution in [0.2, 0.25) is 0 Å². The fourth-order valence-corrected chi connectivity index (χ4v) is 1.68. The Kier molecular flexibility index (Phi) is 4.98. The van der Waals surface area contributed by atoms with Crippen LogP contribution in [0.3, 0.4) is 0 Å². The van der Waals surface area contributed by atoms with Gasteiger partial charge in [-0.15, -0.1) is 0 Å². The number of hydrogen-bond donors (Lipinski definition) is 1. The fourth-order valence-electron chi connectivity index (χ4n) is 1.68. The van der Waals surface area contributed by atoms with Crippen LogP contribution in [-0.4, -0.2) is 22.6 Å². The van der Waals surface area contributed by atoms with Gasteiger partial charge in [0.05, 0.1) is 5.71 Å². The lowest BCUT2D eigenvalue weighted by Crippen LogP contribution is -2.20. The van der Waals surface area contributed by atoms with Crippen LogP contribution >= 0.6 is 0 Å². The molecule has 0 aliphatic carbocycles. The first-order chi connectivity index (χ1) is 10.6. The van der Waals surface area contributed by atoms with E-state index in [1.165, 1.54) is 6.92 Å². The molecular formula is C16H15N3O3. The van der Waals surface area contributed by atoms with Crippen molar-refractivity contribution in [3.8, 4) is 5.75 Å². The molecular weight excluding hydrogens is 282 g/mol. The third-order valence-electron chi connectivity index (χ3n) is 2.76. The lowest BCUT2D eigenvalue weighted by molar-refractivity contribution is -0.131. The summed E-state index contributed by atoms with van der Waals surface area (Å²) in [4.78, 5) is 26.6. The van der Waals surface area contributed by atoms with Crippen molar-refractivity contribution in [2.45, 2.75) is 13.8 Å². The number of benzene rings is 1. The summed E-state index contributed by atoms with van der Waals surface area (Å²) in [6.07, 6.45) is 1.54. The third kappa shape index (κ3) is 4.24. The number of nitrogens with zero attached hydrogens (tertiary/aromatic N) is 2. The van der Waals surface area contributed by atoms with Gasteiger partial charge in [-0.2, -0.15) is 5.10 Å². The largest absolute Gasteiger partial charge is 0.427 e. The van der Waals surface area contributed by atoms with Crippen molar-refractivity contribution in [3.63, 3.8) is 0 Å². The summed E-state index contributed by atoms with van der Waals surface area (Å²) in [5.41, 5.74) is 4.17. The van der Waals surface area contributed by atoms with Crippen LogP contribution in [0.25, 0.3) is 0 Å². The van der Waals surface area contributed by atoms with E-state index >= 15 is 0 Å². The molecule has 6 nitrogen and oxygen atoms in total. The van der Waals surface area contributed by atoms with E-state index in [-0.39, 0.29) is 11.9 Å². The standard InChI is InChI=1S/C16H15N3O3/c1-11(13-6-8-14(9-7-13)22-12(2)20)18-19-16(21)15-5-3-4-10-17-15/h3-10H,1-2H3,(H,19,21)/b18-11+. The molecule has 0 aliphatic heterocycles. The Labute approximate surface area is 127 Å². The Hall–Kier alpha value is -3.02. The Morgan fingerprint density at radius 2 is 1.82 bits per heavy atom. The minimum atomic E-state index is -0.378. The molecule has 0 saturated carbocycles. The second-order valence-corrected chi connectivity index (χ2v) is 4.47. The third-order valence-corrected chi connectivity index (χ3v) is 2.76. The van der Waals surface area contributed by atoms with Gasteiger partial charge in [0.25, 0.3) is 5.91 Å². The summed E-state index contributed by atoms with van der Waals surface area (Å²) in [5, 5.41) is 4.03. The van der Waals surface area contributed by atoms with E-state index in [9.17, 15) is 9.59 Å². The second-order valence-electron chi connectivity index (χ2n) is 4.47. The van der Waals surface area contributed by atoms with Gasteiger partial charge in [0, 0.05) is 13.1 Å². The molecule has 1 aromatic heterocycles. The molecule has 1 heterocycles. The number of aromatic nitrogens is 1. The van der Waals surface area contributed by atoms with Gasteiger partial charge in [-0.25, -0.2) is 5.43 Å². The predicted molar refractivity (Wildman–Crippen MR) is 81.7 cm³/mol. The van der Waals surface area contributed by atoms with Gasteiger partial charge < -0.3 is 4.74 Å². The van der Waals surface area contributed by atoms with Crippen molar-refractivity contribution < 1.29 is 14.3 Å². The number of carbonyl (C=O) groups is 2. The molecule has 22 heavy (non-hydrogen) atoms. The fraction of sp³-hybridized carbons (Fsp3) is 0.125. The van der Waals surface area contributed by atoms with E-state index in [1.807, 2.05) is 0 Å². The Bertz CT molecular complexity index is 694. The number of nitrogens with one attached hydrogen (secondary N) is 1. The number of pyridine rings is 1. The van der Waals surface area contributed by atoms with Crippen LogP contribution < -0.4 is 10.2 Å². The van der Waals surface area contributed by atoms with Crippen LogP contribution in [0.1, 0.15) is 29.9 Å². The highest BCUT2D eigenvalue weighted by Crippen LogP contribution is 2.13. The average molecular weight is 297 g/mol. The van der Waals surface area contributed by atoms with Gasteiger partial charge in [-0.05, 0) is 48.9 Å². The SMILES string of the molecule is CC(=O)Oc1ccc(/C(C)=N/NC(=O)c2ccccn2)cc1. The summed E-state index contributed by atoms with van der Waals surface area (Å²) >= 11 is 0. The smallest absolute Gasteiger partial charge is 0.308 e. The molecule has 0 aliphatic rings. The normalized spacial score (nSPS) is 10.9. The van der Waals surface area contributed by atoms with E-state index in [2.05, 4.69) is 15.5 Å². The number of hydrogen-bond acceptors (Lipinski definition) is 5. The average Bonchev–Trinajstić information content (AvgIpc) is 2.53. The van der Waals surface area contributed by atoms with Crippen LogP contribution in [0.15, 0.2) is 53.8 Å². The first-order valence-corrected chi connectivity index (χ1v) is 6.61. The van der Waals surface area contributed by atoms with Crippen molar-refractivity contribution in [2.24, 2.45) is 5.10 Å². The Morgan fingerprint density at radius 1 is 1.09 bits per heavy atom. The number of hydrazone groups is 1. The van der Waals surface area contributed by atoms with Crippen LogP contribution in [-0.2, 0) is 4.79 Å². The van der Waals surface area contributed by atoms with Crippen molar-refractivity contribution >= 4 is 17.6 Å². The number of carbonyl (C=O) groups excluding carboxylic acids is 2. The molecule has 0 fully saturated rings. The topological polar surface area (TPSA) is 80.6 Å². The summed E-state index contributed by atoms with van der Waals surface area (Å²) in [6, 6.07) is 11.9. The summed E-state index contributed by atoms with van der Waals surface area (Å²) in [6.45, 7) is 3.10. The maximum atomic E-state index is 11.8. The molecule has 1 N–H and O–H groups in total. The zero-order valence-electron chi connectivity index (χ0n) is 12.2. The molecule has 6 heteroatoms. The van der Waals surface area contributed by atoms with Gasteiger partial charge in [-0.3, -0.25) is 14.6 Å². The van der Waals surface area contributed by atoms with E-state index in [4.69, 9.17) is 4.74 Å². The maximum Gasteiger partial charge on any atom is 0.308 e. The molecule has 0 saturated heterocycles. The van der Waals surface area contributed by atoms with Crippen LogP contribution in [0.4, 0.5) is 0 Å². The van der Waals surface area contributed by atoms with Crippen molar-refractivity contribution in [1.82, 2.24) is 10.4 Å². The Morgan fingerprint density at radius 3 is 2.41 bits per heavy atom. The monoisotopic (exact) mass is 297 g/mol. The molecule has 0 unspecified atom stereocenters. The van der Waals surface area contributed by atoms with Crippen molar-refractivity contribution in [3.05, 3.63) is 59.9 Å². The first-order valence-electron chi connectivity index (χ1n) is 6.61. The molecule has 2 aromatic rings. The summed E-state index contributed by atoms with van der Waals surface area (Å²) < 4.78 is 4.95. The van der Waals surface area contributed by atoms with Crippen molar-refractivity contribution in [2.75, 3.05) is 0 Å². The van der Waals surface area contributed by atoms with Gasteiger partial charge in [0.2, 0.25) is 0 Å². The maximum absolute atomic E-state index is 11.8. The predicted octanol–water partition coefficient (Wildman–Crippen LogP) is 2.16. The number of amides is 1. The second kappa shape index (κ2) is 7.12. The summed E-state index contributed by atoms with van der Waals surface area (Å²) in [7, 11) is 0. The van der Waals surface area contributed by atoms with E-state index in [0.29, 0.717) is 17.2 Å². The zero-order chi connectivity index (χ0) is 15.9. The molecule has 0 spiro atoms. The van der Waals surface area contributed by atoms with Crippen molar-refractivity contribution in [1.29, 1.82) is 0 Å². The molecule has 0 radical (unpaired) electrons. The van der Waals surface area contributed by atoms with Gasteiger partial charge in [0.1, 0.15) is 11.4 Å². The minimum absolute atomic E-state index is 0.296. The minimum Gasteiger partial charge on any atom is -0.427 e. The van der Waals surface area contributed by atoms with Crippen LogP contribution in [0.5, 0.6) is 5.75 Å². The molecule has 0 bridgehead atoms. The molecule has 2 rings (SSSR count). The highest BCUT2D eigenvalue weighted by Gasteiger charge is 2.05. The quantitative estimate of drug-likeness (QED) is 0.406. The Balaban J connectivity index is 2.03. The van der Waals surface area contributed by atoms with Crippen LogP contribution in [0, 0.1) is 0 Å². The van der Waals surface area contributed by atoms with E-state index in [0.717, 1.165) is 5.56 Å². The highest BCUT2D eigenvalue weighted by atomic mass is 16.5. The molecule has 0 atom stereocenters. The number of esters is 1. The molecule has 1 aromatic carbocycles. The highest BCUT2D eigenvalue weighted by molar-refractivity contribution is 6.00. The van der Waals surface area contributed by atoms with Gasteiger partial charge in [0.15, 0.2) is 0 Å². The van der Waals surface area contributed by atoms with E-state index < -0.39 is 0 Å². The van der Waals surface area contributed by atoms with Gasteiger partial charge >= 0.3 is 5.97 Å². The summed E-state index contributed by atoms with van der Waals surface area (Å²) in [5.74, 6) is -0.293. The number of rotatable bonds is 4. The lowest BCUT2D eigenvalue weighted by atomic mass is 10.1.